The summed E-state index contributed by atoms with van der Waals surface area (Å²) in [6.45, 7) is 0.135. The third-order valence-electron chi connectivity index (χ3n) is 3.35. The maximum Gasteiger partial charge on any atom is 0.252 e. The molecule has 0 aliphatic carbocycles. The van der Waals surface area contributed by atoms with Gasteiger partial charge in [-0.2, -0.15) is 0 Å². The Hall–Kier alpha value is -2.54. The van der Waals surface area contributed by atoms with Gasteiger partial charge < -0.3 is 0 Å². The molecular weight excluding hydrogens is 302 g/mol. The summed E-state index contributed by atoms with van der Waals surface area (Å²) in [6.07, 6.45) is 4.13. The van der Waals surface area contributed by atoms with E-state index in [9.17, 15) is 13.2 Å². The molecule has 22 heavy (non-hydrogen) atoms. The van der Waals surface area contributed by atoms with Gasteiger partial charge in [-0.3, -0.25) is 9.36 Å². The van der Waals surface area contributed by atoms with Gasteiger partial charge in [-0.1, -0.05) is 18.2 Å². The van der Waals surface area contributed by atoms with Gasteiger partial charge in [0.25, 0.3) is 5.56 Å². The van der Waals surface area contributed by atoms with Crippen LogP contribution in [0.25, 0.3) is 11.0 Å². The third-order valence-corrected chi connectivity index (χ3v) is 4.54. The molecule has 0 radical (unpaired) electrons. The summed E-state index contributed by atoms with van der Waals surface area (Å²) in [5.74, 6) is 0. The molecule has 0 aliphatic heterocycles. The first-order valence-corrected chi connectivity index (χ1v) is 8.43. The van der Waals surface area contributed by atoms with E-state index in [1.807, 2.05) is 0 Å². The zero-order valence-electron chi connectivity index (χ0n) is 11.8. The Balaban J connectivity index is 2.20. The lowest BCUT2D eigenvalue weighted by molar-refractivity contribution is 0.599. The summed E-state index contributed by atoms with van der Waals surface area (Å²) >= 11 is 0. The van der Waals surface area contributed by atoms with Gasteiger partial charge >= 0.3 is 0 Å². The fourth-order valence-electron chi connectivity index (χ4n) is 2.35. The molecule has 0 bridgehead atoms. The third kappa shape index (κ3) is 2.62. The number of hydrogen-bond acceptors (Lipinski definition) is 5. The quantitative estimate of drug-likeness (QED) is 0.726. The van der Waals surface area contributed by atoms with Crippen molar-refractivity contribution in [3.05, 3.63) is 64.8 Å². The molecule has 0 aliphatic rings. The number of pyridine rings is 1. The van der Waals surface area contributed by atoms with Crippen LogP contribution < -0.4 is 5.56 Å². The molecule has 3 rings (SSSR count). The van der Waals surface area contributed by atoms with Crippen LogP contribution in [-0.2, 0) is 16.4 Å². The molecule has 6 nitrogen and oxygen atoms in total. The first-order valence-electron chi connectivity index (χ1n) is 6.54. The van der Waals surface area contributed by atoms with Gasteiger partial charge in [0.15, 0.2) is 9.84 Å². The van der Waals surface area contributed by atoms with Gasteiger partial charge in [-0.05, 0) is 17.7 Å². The fourth-order valence-corrected chi connectivity index (χ4v) is 3.29. The van der Waals surface area contributed by atoms with Gasteiger partial charge in [0.1, 0.15) is 12.0 Å². The van der Waals surface area contributed by atoms with E-state index in [1.54, 1.807) is 30.5 Å². The molecule has 0 fully saturated rings. The predicted octanol–water partition coefficient (Wildman–Crippen LogP) is 1.24. The van der Waals surface area contributed by atoms with Crippen LogP contribution in [-0.4, -0.2) is 29.2 Å². The summed E-state index contributed by atoms with van der Waals surface area (Å²) in [6, 6.07) is 9.72. The maximum absolute atomic E-state index is 12.2. The van der Waals surface area contributed by atoms with Crippen LogP contribution in [0.5, 0.6) is 0 Å². The summed E-state index contributed by atoms with van der Waals surface area (Å²) in [7, 11) is -3.37. The highest BCUT2D eigenvalue weighted by atomic mass is 32.2. The minimum Gasteiger partial charge on any atom is -0.288 e. The average molecular weight is 315 g/mol. The first-order chi connectivity index (χ1) is 10.5. The number of sulfone groups is 1. The molecule has 0 saturated heterocycles. The van der Waals surface area contributed by atoms with E-state index in [-0.39, 0.29) is 17.0 Å². The Morgan fingerprint density at radius 1 is 1.14 bits per heavy atom. The SMILES string of the molecule is CS(=O)(=O)c1ccccc1Cn1c(=O)ccc2cncnc21. The minimum atomic E-state index is -3.37. The summed E-state index contributed by atoms with van der Waals surface area (Å²) in [4.78, 5) is 20.4. The second kappa shape index (κ2) is 5.34. The predicted molar refractivity (Wildman–Crippen MR) is 82.5 cm³/mol. The number of fused-ring (bicyclic) bond motifs is 1. The number of nitrogens with zero attached hydrogens (tertiary/aromatic N) is 3. The Labute approximate surface area is 127 Å². The van der Waals surface area contributed by atoms with E-state index in [2.05, 4.69) is 9.97 Å². The van der Waals surface area contributed by atoms with Crippen LogP contribution in [0.4, 0.5) is 0 Å². The largest absolute Gasteiger partial charge is 0.288 e. The van der Waals surface area contributed by atoms with Crippen molar-refractivity contribution in [2.75, 3.05) is 6.26 Å². The van der Waals surface area contributed by atoms with E-state index in [4.69, 9.17) is 0 Å². The van der Waals surface area contributed by atoms with Crippen molar-refractivity contribution < 1.29 is 8.42 Å². The maximum atomic E-state index is 12.2. The van der Waals surface area contributed by atoms with Crippen molar-refractivity contribution in [3.8, 4) is 0 Å². The molecule has 0 unspecified atom stereocenters. The van der Waals surface area contributed by atoms with Gasteiger partial charge in [-0.15, -0.1) is 0 Å². The minimum absolute atomic E-state index is 0.135. The van der Waals surface area contributed by atoms with E-state index in [1.165, 1.54) is 23.0 Å². The lowest BCUT2D eigenvalue weighted by atomic mass is 10.2. The number of aromatic nitrogens is 3. The lowest BCUT2D eigenvalue weighted by Gasteiger charge is -2.11. The molecule has 1 aromatic carbocycles. The first kappa shape index (κ1) is 14.4. The average Bonchev–Trinajstić information content (AvgIpc) is 2.50. The molecule has 112 valence electrons. The summed E-state index contributed by atoms with van der Waals surface area (Å²) in [5.41, 5.74) is 0.790. The van der Waals surface area contributed by atoms with Gasteiger partial charge in [0, 0.05) is 23.9 Å². The van der Waals surface area contributed by atoms with Crippen LogP contribution in [0.3, 0.4) is 0 Å². The van der Waals surface area contributed by atoms with Crippen molar-refractivity contribution in [1.29, 1.82) is 0 Å². The Morgan fingerprint density at radius 3 is 2.68 bits per heavy atom. The summed E-state index contributed by atoms with van der Waals surface area (Å²) < 4.78 is 25.2. The second-order valence-electron chi connectivity index (χ2n) is 4.94. The van der Waals surface area contributed by atoms with E-state index >= 15 is 0 Å². The number of rotatable bonds is 3. The highest BCUT2D eigenvalue weighted by molar-refractivity contribution is 7.90. The number of hydrogen-bond donors (Lipinski definition) is 0. The molecule has 0 spiro atoms. The van der Waals surface area contributed by atoms with Gasteiger partial charge in [0.05, 0.1) is 11.4 Å². The monoisotopic (exact) mass is 315 g/mol. The molecule has 0 saturated carbocycles. The van der Waals surface area contributed by atoms with Crippen molar-refractivity contribution >= 4 is 20.9 Å². The van der Waals surface area contributed by atoms with Gasteiger partial charge in [-0.25, -0.2) is 18.4 Å². The van der Waals surface area contributed by atoms with Crippen molar-refractivity contribution in [3.63, 3.8) is 0 Å². The highest BCUT2D eigenvalue weighted by Crippen LogP contribution is 2.17. The molecule has 0 amide bonds. The second-order valence-corrected chi connectivity index (χ2v) is 6.92. The highest BCUT2D eigenvalue weighted by Gasteiger charge is 2.14. The van der Waals surface area contributed by atoms with Crippen LogP contribution in [0.2, 0.25) is 0 Å². The molecular formula is C15H13N3O3S. The molecule has 2 aromatic heterocycles. The molecule has 3 aromatic rings. The Morgan fingerprint density at radius 2 is 1.91 bits per heavy atom. The number of benzene rings is 1. The topological polar surface area (TPSA) is 81.9 Å². The lowest BCUT2D eigenvalue weighted by Crippen LogP contribution is -2.21. The fraction of sp³-hybridized carbons (Fsp3) is 0.133. The Kier molecular flexibility index (Phi) is 3.50. The molecule has 0 N–H and O–H groups in total. The van der Waals surface area contributed by atoms with Crippen LogP contribution in [0.15, 0.2) is 58.6 Å². The van der Waals surface area contributed by atoms with Crippen molar-refractivity contribution in [2.24, 2.45) is 0 Å². The zero-order chi connectivity index (χ0) is 15.7. The normalized spacial score (nSPS) is 11.7. The summed E-state index contributed by atoms with van der Waals surface area (Å²) in [5, 5.41) is 0.721. The van der Waals surface area contributed by atoms with E-state index in [0.29, 0.717) is 11.2 Å². The van der Waals surface area contributed by atoms with Crippen molar-refractivity contribution in [1.82, 2.24) is 14.5 Å². The molecule has 2 heterocycles. The van der Waals surface area contributed by atoms with Crippen LogP contribution in [0.1, 0.15) is 5.56 Å². The smallest absolute Gasteiger partial charge is 0.252 e. The van der Waals surface area contributed by atoms with Crippen molar-refractivity contribution in [2.45, 2.75) is 11.4 Å². The standard InChI is InChI=1S/C15H13N3O3S/c1-22(20,21)13-5-3-2-4-12(13)9-18-14(19)7-6-11-8-16-10-17-15(11)18/h2-8,10H,9H2,1H3. The van der Waals surface area contributed by atoms with Crippen LogP contribution in [0, 0.1) is 0 Å². The zero-order valence-corrected chi connectivity index (χ0v) is 12.6. The molecule has 0 atom stereocenters. The van der Waals surface area contributed by atoms with Gasteiger partial charge in [0.2, 0.25) is 0 Å². The molecule has 7 heteroatoms. The van der Waals surface area contributed by atoms with E-state index < -0.39 is 9.84 Å². The van der Waals surface area contributed by atoms with E-state index in [0.717, 1.165) is 11.6 Å². The van der Waals surface area contributed by atoms with Crippen LogP contribution >= 0.6 is 0 Å². The Bertz CT molecular complexity index is 1010.